The van der Waals surface area contributed by atoms with Crippen molar-refractivity contribution in [1.82, 2.24) is 4.98 Å². The molecule has 0 atom stereocenters. The SMILES string of the molecule is COC(=O)Cc1nc2cccc(Br)c2o1. The van der Waals surface area contributed by atoms with Crippen molar-refractivity contribution in [1.29, 1.82) is 0 Å². The van der Waals surface area contributed by atoms with Crippen LogP contribution in [-0.4, -0.2) is 18.1 Å². The standard InChI is InChI=1S/C10H8BrNO3/c1-14-9(13)5-8-12-7-4-2-3-6(11)10(7)15-8/h2-4H,5H2,1H3. The molecule has 0 saturated carbocycles. The molecule has 0 bridgehead atoms. The van der Waals surface area contributed by atoms with Crippen molar-refractivity contribution in [2.24, 2.45) is 0 Å². The van der Waals surface area contributed by atoms with Gasteiger partial charge in [-0.2, -0.15) is 0 Å². The third-order valence-electron chi connectivity index (χ3n) is 1.93. The first kappa shape index (κ1) is 10.2. The molecule has 1 aromatic carbocycles. The largest absolute Gasteiger partial charge is 0.469 e. The van der Waals surface area contributed by atoms with E-state index in [2.05, 4.69) is 25.7 Å². The maximum Gasteiger partial charge on any atom is 0.314 e. The van der Waals surface area contributed by atoms with Crippen LogP contribution >= 0.6 is 15.9 Å². The van der Waals surface area contributed by atoms with Gasteiger partial charge in [-0.15, -0.1) is 0 Å². The minimum absolute atomic E-state index is 0.0532. The van der Waals surface area contributed by atoms with Crippen molar-refractivity contribution in [2.75, 3.05) is 7.11 Å². The minimum atomic E-state index is -0.363. The number of rotatable bonds is 2. The van der Waals surface area contributed by atoms with Crippen LogP contribution in [0.25, 0.3) is 11.1 Å². The summed E-state index contributed by atoms with van der Waals surface area (Å²) in [6.07, 6.45) is 0.0532. The molecular weight excluding hydrogens is 262 g/mol. The number of hydrogen-bond donors (Lipinski definition) is 0. The van der Waals surface area contributed by atoms with Crippen LogP contribution in [-0.2, 0) is 16.0 Å². The van der Waals surface area contributed by atoms with Crippen LogP contribution in [0.5, 0.6) is 0 Å². The lowest BCUT2D eigenvalue weighted by atomic mass is 10.3. The number of para-hydroxylation sites is 1. The van der Waals surface area contributed by atoms with E-state index in [1.807, 2.05) is 18.2 Å². The second-order valence-corrected chi connectivity index (χ2v) is 3.80. The highest BCUT2D eigenvalue weighted by Crippen LogP contribution is 2.24. The zero-order chi connectivity index (χ0) is 10.8. The number of nitrogens with zero attached hydrogens (tertiary/aromatic N) is 1. The number of benzene rings is 1. The average Bonchev–Trinajstić information content (AvgIpc) is 2.62. The van der Waals surface area contributed by atoms with Gasteiger partial charge in [0.1, 0.15) is 11.9 Å². The van der Waals surface area contributed by atoms with Gasteiger partial charge < -0.3 is 9.15 Å². The highest BCUT2D eigenvalue weighted by molar-refractivity contribution is 9.10. The number of hydrogen-bond acceptors (Lipinski definition) is 4. The Labute approximate surface area is 94.4 Å². The van der Waals surface area contributed by atoms with Crippen LogP contribution in [0, 0.1) is 0 Å². The maximum absolute atomic E-state index is 11.0. The van der Waals surface area contributed by atoms with Crippen LogP contribution in [0.1, 0.15) is 5.89 Å². The normalized spacial score (nSPS) is 10.5. The van der Waals surface area contributed by atoms with Gasteiger partial charge >= 0.3 is 5.97 Å². The Kier molecular flexibility index (Phi) is 2.73. The van der Waals surface area contributed by atoms with Crippen molar-refractivity contribution in [3.05, 3.63) is 28.6 Å². The summed E-state index contributed by atoms with van der Waals surface area (Å²) in [6.45, 7) is 0. The first-order chi connectivity index (χ1) is 7.20. The van der Waals surface area contributed by atoms with Gasteiger partial charge in [0.05, 0.1) is 11.6 Å². The van der Waals surface area contributed by atoms with Crippen molar-refractivity contribution >= 4 is 33.0 Å². The molecule has 4 nitrogen and oxygen atoms in total. The van der Waals surface area contributed by atoms with Crippen LogP contribution in [0.15, 0.2) is 27.1 Å². The van der Waals surface area contributed by atoms with Crippen LogP contribution in [0.2, 0.25) is 0 Å². The fourth-order valence-electron chi connectivity index (χ4n) is 1.23. The summed E-state index contributed by atoms with van der Waals surface area (Å²) in [6, 6.07) is 5.54. The van der Waals surface area contributed by atoms with Crippen molar-refractivity contribution in [2.45, 2.75) is 6.42 Å². The summed E-state index contributed by atoms with van der Waals surface area (Å²) >= 11 is 3.34. The van der Waals surface area contributed by atoms with Crippen molar-refractivity contribution in [3.8, 4) is 0 Å². The Morgan fingerprint density at radius 2 is 2.40 bits per heavy atom. The lowest BCUT2D eigenvalue weighted by molar-refractivity contribution is -0.140. The number of methoxy groups -OCH3 is 1. The number of oxazole rings is 1. The smallest absolute Gasteiger partial charge is 0.314 e. The third kappa shape index (κ3) is 2.02. The molecule has 0 radical (unpaired) electrons. The van der Waals surface area contributed by atoms with E-state index in [1.165, 1.54) is 7.11 Å². The van der Waals surface area contributed by atoms with Gasteiger partial charge in [-0.25, -0.2) is 4.98 Å². The number of ether oxygens (including phenoxy) is 1. The molecule has 1 aromatic heterocycles. The quantitative estimate of drug-likeness (QED) is 0.786. The number of halogens is 1. The monoisotopic (exact) mass is 269 g/mol. The molecule has 0 fully saturated rings. The van der Waals surface area contributed by atoms with Crippen molar-refractivity contribution in [3.63, 3.8) is 0 Å². The predicted octanol–water partition coefficient (Wildman–Crippen LogP) is 2.31. The molecule has 0 amide bonds. The topological polar surface area (TPSA) is 52.3 Å². The summed E-state index contributed by atoms with van der Waals surface area (Å²) in [4.78, 5) is 15.2. The molecule has 78 valence electrons. The van der Waals surface area contributed by atoms with Gasteiger partial charge in [0.25, 0.3) is 0 Å². The molecule has 15 heavy (non-hydrogen) atoms. The van der Waals surface area contributed by atoms with Crippen LogP contribution in [0.4, 0.5) is 0 Å². The van der Waals surface area contributed by atoms with Gasteiger partial charge in [-0.05, 0) is 28.1 Å². The van der Waals surface area contributed by atoms with Gasteiger partial charge in [0.2, 0.25) is 5.89 Å². The Morgan fingerprint density at radius 1 is 1.60 bits per heavy atom. The van der Waals surface area contributed by atoms with E-state index in [1.54, 1.807) is 0 Å². The molecule has 0 N–H and O–H groups in total. The Bertz CT molecular complexity index is 506. The van der Waals surface area contributed by atoms with Crippen LogP contribution in [0.3, 0.4) is 0 Å². The van der Waals surface area contributed by atoms with Crippen LogP contribution < -0.4 is 0 Å². The lowest BCUT2D eigenvalue weighted by Crippen LogP contribution is -2.04. The van der Waals surface area contributed by atoms with E-state index in [9.17, 15) is 4.79 Å². The first-order valence-corrected chi connectivity index (χ1v) is 5.11. The summed E-state index contributed by atoms with van der Waals surface area (Å²) in [5.41, 5.74) is 1.37. The van der Waals surface area contributed by atoms with Gasteiger partial charge in [0.15, 0.2) is 5.58 Å². The second-order valence-electron chi connectivity index (χ2n) is 2.95. The molecule has 2 aromatic rings. The molecule has 0 aliphatic rings. The Hall–Kier alpha value is -1.36. The fourth-order valence-corrected chi connectivity index (χ4v) is 1.67. The van der Waals surface area contributed by atoms with Gasteiger partial charge in [-0.1, -0.05) is 6.07 Å². The number of carbonyl (C=O) groups is 1. The summed E-state index contributed by atoms with van der Waals surface area (Å²) in [5.74, 6) is 0.00132. The highest BCUT2D eigenvalue weighted by Gasteiger charge is 2.11. The summed E-state index contributed by atoms with van der Waals surface area (Å²) in [7, 11) is 1.33. The molecule has 0 spiro atoms. The van der Waals surface area contributed by atoms with Gasteiger partial charge in [0, 0.05) is 0 Å². The zero-order valence-electron chi connectivity index (χ0n) is 7.99. The summed E-state index contributed by atoms with van der Waals surface area (Å²) in [5, 5.41) is 0. The second kappa shape index (κ2) is 4.02. The number of aromatic nitrogens is 1. The molecule has 1 heterocycles. The lowest BCUT2D eigenvalue weighted by Gasteiger charge is -1.92. The van der Waals surface area contributed by atoms with E-state index in [-0.39, 0.29) is 12.4 Å². The predicted molar refractivity (Wildman–Crippen MR) is 57.4 cm³/mol. The zero-order valence-corrected chi connectivity index (χ0v) is 9.58. The molecule has 0 saturated heterocycles. The fraction of sp³-hybridized carbons (Fsp3) is 0.200. The maximum atomic E-state index is 11.0. The molecule has 0 aliphatic heterocycles. The minimum Gasteiger partial charge on any atom is -0.469 e. The molecule has 0 unspecified atom stereocenters. The molecular formula is C10H8BrNO3. The third-order valence-corrected chi connectivity index (χ3v) is 2.56. The summed E-state index contributed by atoms with van der Waals surface area (Å²) < 4.78 is 10.8. The molecule has 5 heteroatoms. The Morgan fingerprint density at radius 3 is 3.07 bits per heavy atom. The van der Waals surface area contributed by atoms with Gasteiger partial charge in [-0.3, -0.25) is 4.79 Å². The van der Waals surface area contributed by atoms with Crippen molar-refractivity contribution < 1.29 is 13.9 Å². The average molecular weight is 270 g/mol. The van der Waals surface area contributed by atoms with E-state index in [0.717, 1.165) is 9.99 Å². The number of esters is 1. The number of fused-ring (bicyclic) bond motifs is 1. The number of carbonyl (C=O) groups excluding carboxylic acids is 1. The first-order valence-electron chi connectivity index (χ1n) is 4.31. The molecule has 0 aliphatic carbocycles. The van der Waals surface area contributed by atoms with E-state index >= 15 is 0 Å². The Balaban J connectivity index is 2.39. The van der Waals surface area contributed by atoms with E-state index in [0.29, 0.717) is 11.5 Å². The van der Waals surface area contributed by atoms with E-state index < -0.39 is 0 Å². The van der Waals surface area contributed by atoms with E-state index in [4.69, 9.17) is 4.42 Å². The highest BCUT2D eigenvalue weighted by atomic mass is 79.9. The molecule has 2 rings (SSSR count).